The highest BCUT2D eigenvalue weighted by Crippen LogP contribution is 2.44. The molecule has 5 rings (SSSR count). The number of hydrogen-bond donors (Lipinski definition) is 0. The molecular weight excluding hydrogens is 518 g/mol. The third-order valence-electron chi connectivity index (χ3n) is 6.74. The molecule has 0 N–H and O–H groups in total. The van der Waals surface area contributed by atoms with Gasteiger partial charge in [-0.3, -0.25) is 9.59 Å². The largest absolute Gasteiger partial charge is 0.494 e. The Morgan fingerprint density at radius 3 is 2.50 bits per heavy atom. The summed E-state index contributed by atoms with van der Waals surface area (Å²) in [6, 6.07) is 18.7. The van der Waals surface area contributed by atoms with E-state index in [1.54, 1.807) is 36.4 Å². The van der Waals surface area contributed by atoms with Crippen LogP contribution in [0.25, 0.3) is 11.1 Å². The summed E-state index contributed by atoms with van der Waals surface area (Å²) in [5, 5.41) is 10.5. The van der Waals surface area contributed by atoms with Crippen LogP contribution in [0.5, 0.6) is 5.75 Å². The lowest BCUT2D eigenvalue weighted by molar-refractivity contribution is -0.121. The Morgan fingerprint density at radius 1 is 1.11 bits per heavy atom. The van der Waals surface area contributed by atoms with Gasteiger partial charge in [-0.1, -0.05) is 55.3 Å². The fourth-order valence-corrected chi connectivity index (χ4v) is 5.77. The molecule has 1 aliphatic heterocycles. The Kier molecular flexibility index (Phi) is 8.01. The molecule has 1 saturated carbocycles. The third kappa shape index (κ3) is 5.72. The maximum absolute atomic E-state index is 13.4. The van der Waals surface area contributed by atoms with Gasteiger partial charge in [0.15, 0.2) is 0 Å². The zero-order valence-electron chi connectivity index (χ0n) is 21.2. The zero-order chi connectivity index (χ0) is 26.6. The number of ether oxygens (including phenoxy) is 1. The van der Waals surface area contributed by atoms with E-state index in [0.717, 1.165) is 48.9 Å². The Morgan fingerprint density at radius 2 is 1.84 bits per heavy atom. The monoisotopic (exact) mass is 545 g/mol. The molecule has 1 saturated heterocycles. The number of pyridine rings is 1. The van der Waals surface area contributed by atoms with Crippen molar-refractivity contribution in [2.24, 2.45) is 0 Å². The van der Waals surface area contributed by atoms with E-state index in [1.807, 2.05) is 18.2 Å². The van der Waals surface area contributed by atoms with E-state index >= 15 is 0 Å². The number of thioether (sulfide) groups is 1. The number of carbonyl (C=O) groups is 2. The number of rotatable bonds is 10. The predicted molar refractivity (Wildman–Crippen MR) is 150 cm³/mol. The van der Waals surface area contributed by atoms with Crippen molar-refractivity contribution in [3.8, 4) is 22.9 Å². The van der Waals surface area contributed by atoms with E-state index in [4.69, 9.17) is 21.3 Å². The minimum atomic E-state index is -0.653. The molecule has 2 amide bonds. The number of anilines is 1. The van der Waals surface area contributed by atoms with Gasteiger partial charge in [0, 0.05) is 28.6 Å². The highest BCUT2D eigenvalue weighted by Gasteiger charge is 2.41. The van der Waals surface area contributed by atoms with Crippen LogP contribution in [0.1, 0.15) is 62.6 Å². The Balaban J connectivity index is 1.38. The quantitative estimate of drug-likeness (QED) is 0.199. The molecule has 8 heteroatoms. The van der Waals surface area contributed by atoms with Gasteiger partial charge in [0.05, 0.1) is 23.1 Å². The van der Waals surface area contributed by atoms with Gasteiger partial charge >= 0.3 is 0 Å². The first kappa shape index (κ1) is 26.3. The zero-order valence-corrected chi connectivity index (χ0v) is 22.7. The fraction of sp³-hybridized carbons (Fsp3) is 0.333. The summed E-state index contributed by atoms with van der Waals surface area (Å²) in [5.41, 5.74) is 3.48. The highest BCUT2D eigenvalue weighted by molar-refractivity contribution is 8.00. The lowest BCUT2D eigenvalue weighted by Gasteiger charge is -2.16. The number of hydrogen-bond acceptors (Lipinski definition) is 6. The highest BCUT2D eigenvalue weighted by atomic mass is 35.5. The number of nitriles is 1. The topological polar surface area (TPSA) is 83.3 Å². The van der Waals surface area contributed by atoms with Crippen LogP contribution in [0.15, 0.2) is 59.6 Å². The third-order valence-corrected chi connectivity index (χ3v) is 8.16. The van der Waals surface area contributed by atoms with Gasteiger partial charge in [-0.05, 0) is 67.3 Å². The molecule has 6 nitrogen and oxygen atoms in total. The fourth-order valence-electron chi connectivity index (χ4n) is 4.52. The summed E-state index contributed by atoms with van der Waals surface area (Å²) in [6.45, 7) is 2.78. The average molecular weight is 546 g/mol. The molecule has 1 aromatic heterocycles. The van der Waals surface area contributed by atoms with Crippen LogP contribution in [0.3, 0.4) is 0 Å². The minimum absolute atomic E-state index is 0.0508. The standard InChI is InChI=1S/C30H28ClN3O3S/c1-2-3-4-15-37-23-13-11-22(12-14-23)34-28(35)17-27(30(34)36)38-29-25(18-32)24(16-26(33-29)20-5-6-20)19-7-9-21(31)10-8-19/h7-14,16,20,27H,2-6,15,17H2,1H3. The summed E-state index contributed by atoms with van der Waals surface area (Å²) >= 11 is 7.29. The van der Waals surface area contributed by atoms with Crippen molar-refractivity contribution >= 4 is 40.9 Å². The molecule has 2 aliphatic rings. The summed E-state index contributed by atoms with van der Waals surface area (Å²) < 4.78 is 5.76. The van der Waals surface area contributed by atoms with E-state index in [9.17, 15) is 14.9 Å². The van der Waals surface area contributed by atoms with E-state index < -0.39 is 5.25 Å². The van der Waals surface area contributed by atoms with Crippen molar-refractivity contribution in [1.29, 1.82) is 5.26 Å². The second-order valence-corrected chi connectivity index (χ2v) is 11.2. The second-order valence-electron chi connectivity index (χ2n) is 9.60. The minimum Gasteiger partial charge on any atom is -0.494 e. The molecule has 194 valence electrons. The van der Waals surface area contributed by atoms with E-state index in [0.29, 0.717) is 39.6 Å². The lowest BCUT2D eigenvalue weighted by Crippen LogP contribution is -2.31. The molecule has 0 radical (unpaired) electrons. The Bertz CT molecular complexity index is 1380. The van der Waals surface area contributed by atoms with Gasteiger partial charge in [-0.15, -0.1) is 0 Å². The normalized spacial score (nSPS) is 17.1. The molecule has 1 aliphatic carbocycles. The SMILES string of the molecule is CCCCCOc1ccc(N2C(=O)CC(Sc3nc(C4CC4)cc(-c4ccc(Cl)cc4)c3C#N)C2=O)cc1. The number of imide groups is 1. The number of nitrogens with zero attached hydrogens (tertiary/aromatic N) is 3. The summed E-state index contributed by atoms with van der Waals surface area (Å²) in [5.74, 6) is 0.503. The summed E-state index contributed by atoms with van der Waals surface area (Å²) in [6.07, 6.45) is 5.38. The van der Waals surface area contributed by atoms with Gasteiger partial charge in [0.1, 0.15) is 16.8 Å². The molecule has 2 fully saturated rings. The van der Waals surface area contributed by atoms with Crippen LogP contribution in [-0.4, -0.2) is 28.7 Å². The van der Waals surface area contributed by atoms with Crippen molar-refractivity contribution in [3.05, 3.63) is 70.9 Å². The molecule has 0 spiro atoms. The lowest BCUT2D eigenvalue weighted by atomic mass is 10.0. The van der Waals surface area contributed by atoms with Crippen molar-refractivity contribution in [2.75, 3.05) is 11.5 Å². The smallest absolute Gasteiger partial charge is 0.247 e. The van der Waals surface area contributed by atoms with E-state index in [-0.39, 0.29) is 18.2 Å². The average Bonchev–Trinajstić information content (AvgIpc) is 3.73. The van der Waals surface area contributed by atoms with E-state index in [1.165, 1.54) is 16.7 Å². The molecule has 1 unspecified atom stereocenters. The number of aromatic nitrogens is 1. The maximum Gasteiger partial charge on any atom is 0.247 e. The van der Waals surface area contributed by atoms with Crippen LogP contribution >= 0.6 is 23.4 Å². The predicted octanol–water partition coefficient (Wildman–Crippen LogP) is 7.14. The van der Waals surface area contributed by atoms with Crippen LogP contribution in [0.4, 0.5) is 5.69 Å². The Hall–Kier alpha value is -3.34. The number of unbranched alkanes of at least 4 members (excludes halogenated alkanes) is 2. The first-order valence-corrected chi connectivity index (χ1v) is 14.2. The molecule has 1 atom stereocenters. The van der Waals surface area contributed by atoms with Crippen molar-refractivity contribution in [3.63, 3.8) is 0 Å². The first-order chi connectivity index (χ1) is 18.5. The molecule has 0 bridgehead atoms. The van der Waals surface area contributed by atoms with Crippen molar-refractivity contribution < 1.29 is 14.3 Å². The molecule has 38 heavy (non-hydrogen) atoms. The number of benzene rings is 2. The second kappa shape index (κ2) is 11.6. The van der Waals surface area contributed by atoms with Gasteiger partial charge < -0.3 is 4.74 Å². The van der Waals surface area contributed by atoms with Gasteiger partial charge in [0.2, 0.25) is 11.8 Å². The van der Waals surface area contributed by atoms with Gasteiger partial charge in [-0.25, -0.2) is 9.88 Å². The number of amides is 2. The van der Waals surface area contributed by atoms with Crippen LogP contribution in [0, 0.1) is 11.3 Å². The van der Waals surface area contributed by atoms with Gasteiger partial charge in [0.25, 0.3) is 0 Å². The van der Waals surface area contributed by atoms with Crippen LogP contribution in [-0.2, 0) is 9.59 Å². The van der Waals surface area contributed by atoms with Crippen molar-refractivity contribution in [2.45, 2.75) is 61.6 Å². The number of carbonyl (C=O) groups excluding carboxylic acids is 2. The summed E-state index contributed by atoms with van der Waals surface area (Å²) in [7, 11) is 0. The van der Waals surface area contributed by atoms with Crippen LogP contribution < -0.4 is 9.64 Å². The molecule has 3 aromatic rings. The molecule has 2 heterocycles. The molecule has 2 aromatic carbocycles. The van der Waals surface area contributed by atoms with Gasteiger partial charge in [-0.2, -0.15) is 5.26 Å². The van der Waals surface area contributed by atoms with Crippen molar-refractivity contribution in [1.82, 2.24) is 4.98 Å². The van der Waals surface area contributed by atoms with Crippen LogP contribution in [0.2, 0.25) is 5.02 Å². The number of halogens is 1. The molecular formula is C30H28ClN3O3S. The Labute approximate surface area is 232 Å². The maximum atomic E-state index is 13.4. The first-order valence-electron chi connectivity index (χ1n) is 13.0. The van der Waals surface area contributed by atoms with E-state index in [2.05, 4.69) is 13.0 Å². The summed E-state index contributed by atoms with van der Waals surface area (Å²) in [4.78, 5) is 32.4.